The minimum absolute atomic E-state index is 0.0790. The SMILES string of the molecule is COc1cc(OC)c(NC(=O)N2CCC[C@@H]2c2ccc(C)cc2)cc1Cl. The summed E-state index contributed by atoms with van der Waals surface area (Å²) < 4.78 is 10.6. The van der Waals surface area contributed by atoms with E-state index in [9.17, 15) is 4.79 Å². The number of ether oxygens (including phenoxy) is 2. The number of anilines is 1. The third-order valence-corrected chi connectivity index (χ3v) is 4.99. The van der Waals surface area contributed by atoms with Gasteiger partial charge >= 0.3 is 6.03 Å². The first-order valence-corrected chi connectivity index (χ1v) is 8.97. The topological polar surface area (TPSA) is 50.8 Å². The van der Waals surface area contributed by atoms with Crippen LogP contribution in [0.2, 0.25) is 5.02 Å². The van der Waals surface area contributed by atoms with Gasteiger partial charge in [-0.2, -0.15) is 0 Å². The van der Waals surface area contributed by atoms with Crippen LogP contribution in [-0.4, -0.2) is 31.7 Å². The van der Waals surface area contributed by atoms with Crippen molar-refractivity contribution in [1.29, 1.82) is 0 Å². The quantitative estimate of drug-likeness (QED) is 0.816. The Labute approximate surface area is 158 Å². The highest BCUT2D eigenvalue weighted by Gasteiger charge is 2.30. The average molecular weight is 375 g/mol. The van der Waals surface area contributed by atoms with Gasteiger partial charge in [0.25, 0.3) is 0 Å². The molecule has 26 heavy (non-hydrogen) atoms. The number of nitrogens with zero attached hydrogens (tertiary/aromatic N) is 1. The molecule has 6 heteroatoms. The monoisotopic (exact) mass is 374 g/mol. The third-order valence-electron chi connectivity index (χ3n) is 4.69. The molecular formula is C20H23ClN2O3. The highest BCUT2D eigenvalue weighted by atomic mass is 35.5. The van der Waals surface area contributed by atoms with Gasteiger partial charge in [-0.1, -0.05) is 41.4 Å². The molecule has 5 nitrogen and oxygen atoms in total. The molecule has 2 aromatic rings. The van der Waals surface area contributed by atoms with Crippen LogP contribution < -0.4 is 14.8 Å². The number of amides is 2. The van der Waals surface area contributed by atoms with E-state index in [4.69, 9.17) is 21.1 Å². The summed E-state index contributed by atoms with van der Waals surface area (Å²) in [4.78, 5) is 14.7. The van der Waals surface area contributed by atoms with Gasteiger partial charge in [0.05, 0.1) is 31.0 Å². The lowest BCUT2D eigenvalue weighted by Crippen LogP contribution is -2.34. The minimum Gasteiger partial charge on any atom is -0.495 e. The van der Waals surface area contributed by atoms with Gasteiger partial charge in [-0.3, -0.25) is 0 Å². The van der Waals surface area contributed by atoms with E-state index in [1.807, 2.05) is 4.90 Å². The second kappa shape index (κ2) is 7.87. The lowest BCUT2D eigenvalue weighted by molar-refractivity contribution is 0.207. The number of aryl methyl sites for hydroxylation is 1. The first-order valence-electron chi connectivity index (χ1n) is 8.59. The highest BCUT2D eigenvalue weighted by molar-refractivity contribution is 6.32. The van der Waals surface area contributed by atoms with Crippen molar-refractivity contribution in [3.05, 3.63) is 52.5 Å². The van der Waals surface area contributed by atoms with E-state index in [1.54, 1.807) is 19.2 Å². The number of hydrogen-bond acceptors (Lipinski definition) is 3. The van der Waals surface area contributed by atoms with Gasteiger partial charge < -0.3 is 19.7 Å². The fraction of sp³-hybridized carbons (Fsp3) is 0.350. The Morgan fingerprint density at radius 2 is 1.85 bits per heavy atom. The largest absolute Gasteiger partial charge is 0.495 e. The molecule has 2 amide bonds. The summed E-state index contributed by atoms with van der Waals surface area (Å²) in [6.07, 6.45) is 1.93. The molecule has 2 aromatic carbocycles. The maximum Gasteiger partial charge on any atom is 0.322 e. The van der Waals surface area contributed by atoms with Crippen LogP contribution in [0.1, 0.15) is 30.0 Å². The third kappa shape index (κ3) is 3.73. The number of carbonyl (C=O) groups excluding carboxylic acids is 1. The van der Waals surface area contributed by atoms with Gasteiger partial charge in [0.1, 0.15) is 11.5 Å². The zero-order valence-corrected chi connectivity index (χ0v) is 16.0. The Hall–Kier alpha value is -2.40. The molecule has 0 aliphatic carbocycles. The van der Waals surface area contributed by atoms with Gasteiger partial charge in [0.15, 0.2) is 0 Å². The van der Waals surface area contributed by atoms with Crippen molar-refractivity contribution in [3.8, 4) is 11.5 Å². The molecule has 138 valence electrons. The van der Waals surface area contributed by atoms with Gasteiger partial charge in [0, 0.05) is 12.6 Å². The molecule has 3 rings (SSSR count). The van der Waals surface area contributed by atoms with Crippen LogP contribution >= 0.6 is 11.6 Å². The molecule has 1 fully saturated rings. The summed E-state index contributed by atoms with van der Waals surface area (Å²) in [5.74, 6) is 1.01. The molecule has 1 heterocycles. The van der Waals surface area contributed by atoms with Crippen LogP contribution in [0.25, 0.3) is 0 Å². The van der Waals surface area contributed by atoms with Crippen molar-refractivity contribution in [2.75, 3.05) is 26.1 Å². The molecule has 1 aliphatic heterocycles. The number of methoxy groups -OCH3 is 2. The van der Waals surface area contributed by atoms with E-state index in [0.717, 1.165) is 24.9 Å². The number of hydrogen-bond donors (Lipinski definition) is 1. The van der Waals surface area contributed by atoms with E-state index < -0.39 is 0 Å². The second-order valence-corrected chi connectivity index (χ2v) is 6.79. The van der Waals surface area contributed by atoms with Crippen LogP contribution in [0, 0.1) is 6.92 Å². The molecule has 1 aliphatic rings. The lowest BCUT2D eigenvalue weighted by Gasteiger charge is -2.26. The maximum absolute atomic E-state index is 12.9. The molecule has 0 spiro atoms. The summed E-state index contributed by atoms with van der Waals surface area (Å²) in [5.41, 5.74) is 2.89. The van der Waals surface area contributed by atoms with Crippen LogP contribution in [-0.2, 0) is 0 Å². The Bertz CT molecular complexity index is 792. The fourth-order valence-electron chi connectivity index (χ4n) is 3.29. The molecule has 1 saturated heterocycles. The van der Waals surface area contributed by atoms with Gasteiger partial charge in [-0.15, -0.1) is 0 Å². The Balaban J connectivity index is 1.81. The molecule has 0 saturated carbocycles. The average Bonchev–Trinajstić information content (AvgIpc) is 3.12. The van der Waals surface area contributed by atoms with E-state index in [2.05, 4.69) is 36.5 Å². The number of rotatable bonds is 4. The van der Waals surface area contributed by atoms with E-state index in [1.165, 1.54) is 12.7 Å². The predicted molar refractivity (Wildman–Crippen MR) is 103 cm³/mol. The first kappa shape index (κ1) is 18.4. The number of nitrogens with one attached hydrogen (secondary N) is 1. The van der Waals surface area contributed by atoms with Gasteiger partial charge in [0.2, 0.25) is 0 Å². The van der Waals surface area contributed by atoms with Crippen LogP contribution in [0.5, 0.6) is 11.5 Å². The Kier molecular flexibility index (Phi) is 5.57. The van der Waals surface area contributed by atoms with Crippen molar-refractivity contribution >= 4 is 23.3 Å². The highest BCUT2D eigenvalue weighted by Crippen LogP contribution is 2.37. The molecule has 1 N–H and O–H groups in total. The second-order valence-electron chi connectivity index (χ2n) is 6.38. The fourth-order valence-corrected chi connectivity index (χ4v) is 3.53. The van der Waals surface area contributed by atoms with E-state index in [-0.39, 0.29) is 12.1 Å². The predicted octanol–water partition coefficient (Wildman–Crippen LogP) is 5.03. The standard InChI is InChI=1S/C20H23ClN2O3/c1-13-6-8-14(9-7-13)17-5-4-10-23(17)20(24)22-16-11-15(21)18(25-2)12-19(16)26-3/h6-9,11-12,17H,4-5,10H2,1-3H3,(H,22,24)/t17-/m1/s1. The van der Waals surface area contributed by atoms with Crippen LogP contribution in [0.3, 0.4) is 0 Å². The van der Waals surface area contributed by atoms with E-state index >= 15 is 0 Å². The van der Waals surface area contributed by atoms with Gasteiger partial charge in [-0.05, 0) is 31.4 Å². The van der Waals surface area contributed by atoms with Crippen LogP contribution in [0.15, 0.2) is 36.4 Å². The smallest absolute Gasteiger partial charge is 0.322 e. The summed E-state index contributed by atoms with van der Waals surface area (Å²) in [5, 5.41) is 3.35. The van der Waals surface area contributed by atoms with Crippen molar-refractivity contribution < 1.29 is 14.3 Å². The minimum atomic E-state index is -0.160. The number of carbonyl (C=O) groups is 1. The maximum atomic E-state index is 12.9. The number of likely N-dealkylation sites (tertiary alicyclic amines) is 1. The first-order chi connectivity index (χ1) is 12.5. The number of benzene rings is 2. The molecule has 0 radical (unpaired) electrons. The molecule has 0 unspecified atom stereocenters. The Morgan fingerprint density at radius 1 is 1.15 bits per heavy atom. The summed E-state index contributed by atoms with van der Waals surface area (Å²) in [6.45, 7) is 2.78. The lowest BCUT2D eigenvalue weighted by atomic mass is 10.0. The summed E-state index contributed by atoms with van der Waals surface area (Å²) >= 11 is 6.20. The van der Waals surface area contributed by atoms with Crippen molar-refractivity contribution in [1.82, 2.24) is 4.90 Å². The Morgan fingerprint density at radius 3 is 2.50 bits per heavy atom. The summed E-state index contributed by atoms with van der Waals surface area (Å²) in [7, 11) is 3.08. The van der Waals surface area contributed by atoms with Crippen LogP contribution in [0.4, 0.5) is 10.5 Å². The zero-order chi connectivity index (χ0) is 18.7. The van der Waals surface area contributed by atoms with E-state index in [0.29, 0.717) is 22.2 Å². The molecule has 0 bridgehead atoms. The zero-order valence-electron chi connectivity index (χ0n) is 15.2. The molecule has 1 atom stereocenters. The molecular weight excluding hydrogens is 352 g/mol. The number of halogens is 1. The summed E-state index contributed by atoms with van der Waals surface area (Å²) in [6, 6.07) is 11.6. The molecule has 0 aromatic heterocycles. The normalized spacial score (nSPS) is 16.5. The van der Waals surface area contributed by atoms with Crippen molar-refractivity contribution in [2.45, 2.75) is 25.8 Å². The number of urea groups is 1. The van der Waals surface area contributed by atoms with Crippen molar-refractivity contribution in [2.24, 2.45) is 0 Å². The van der Waals surface area contributed by atoms with Crippen molar-refractivity contribution in [3.63, 3.8) is 0 Å². The van der Waals surface area contributed by atoms with Gasteiger partial charge in [-0.25, -0.2) is 4.79 Å².